The summed E-state index contributed by atoms with van der Waals surface area (Å²) in [6.07, 6.45) is 2.47. The second-order valence-corrected chi connectivity index (χ2v) is 8.01. The molecule has 0 fully saturated rings. The molecule has 1 heterocycles. The smallest absolute Gasteiger partial charge is 0.245 e. The number of nitrogens with one attached hydrogen (secondary N) is 1. The zero-order chi connectivity index (χ0) is 22.2. The number of methoxy groups -OCH3 is 1. The van der Waals surface area contributed by atoms with Crippen LogP contribution in [-0.4, -0.2) is 42.3 Å². The fourth-order valence-corrected chi connectivity index (χ4v) is 3.73. The fraction of sp³-hybridized carbons (Fsp3) is 0.417. The van der Waals surface area contributed by atoms with Crippen LogP contribution >= 0.6 is 11.6 Å². The molecule has 7 heteroatoms. The molecule has 31 heavy (non-hydrogen) atoms. The first-order chi connectivity index (χ1) is 15.0. The molecule has 0 radical (unpaired) electrons. The van der Waals surface area contributed by atoms with Gasteiger partial charge < -0.3 is 19.4 Å². The highest BCUT2D eigenvalue weighted by molar-refractivity contribution is 6.32. The number of carbonyl (C=O) groups excluding carboxylic acids is 1. The number of amides is 1. The number of nitrogens with zero attached hydrogens (tertiary/aromatic N) is 2. The molecule has 0 aliphatic heterocycles. The third-order valence-corrected chi connectivity index (χ3v) is 5.71. The summed E-state index contributed by atoms with van der Waals surface area (Å²) in [5.41, 5.74) is 4.17. The monoisotopic (exact) mass is 443 g/mol. The van der Waals surface area contributed by atoms with E-state index in [0.29, 0.717) is 13.2 Å². The largest absolute Gasteiger partial charge is 0.494 e. The average molecular weight is 444 g/mol. The van der Waals surface area contributed by atoms with Crippen molar-refractivity contribution in [2.24, 2.45) is 0 Å². The second-order valence-electron chi connectivity index (χ2n) is 7.63. The van der Waals surface area contributed by atoms with Crippen molar-refractivity contribution in [3.05, 3.63) is 58.4 Å². The van der Waals surface area contributed by atoms with Gasteiger partial charge in [0, 0.05) is 31.6 Å². The number of fused-ring (bicyclic) bond motifs is 1. The van der Waals surface area contributed by atoms with Gasteiger partial charge in [0.05, 0.1) is 17.6 Å². The Hall–Kier alpha value is -2.57. The van der Waals surface area contributed by atoms with E-state index in [2.05, 4.69) is 16.0 Å². The van der Waals surface area contributed by atoms with Crippen LogP contribution in [-0.2, 0) is 22.5 Å². The van der Waals surface area contributed by atoms with E-state index in [1.54, 1.807) is 0 Å². The highest BCUT2D eigenvalue weighted by Crippen LogP contribution is 2.26. The van der Waals surface area contributed by atoms with Gasteiger partial charge in [-0.05, 0) is 62.1 Å². The lowest BCUT2D eigenvalue weighted by Crippen LogP contribution is -2.28. The zero-order valence-electron chi connectivity index (χ0n) is 18.4. The number of carbonyl (C=O) groups is 1. The van der Waals surface area contributed by atoms with Gasteiger partial charge in [0.2, 0.25) is 5.91 Å². The van der Waals surface area contributed by atoms with Crippen LogP contribution in [0.1, 0.15) is 29.8 Å². The minimum Gasteiger partial charge on any atom is -0.494 e. The number of rotatable bonds is 11. The number of aromatic nitrogens is 2. The van der Waals surface area contributed by atoms with Gasteiger partial charge in [-0.3, -0.25) is 4.79 Å². The minimum absolute atomic E-state index is 0.0885. The quantitative estimate of drug-likeness (QED) is 0.444. The van der Waals surface area contributed by atoms with Crippen molar-refractivity contribution in [1.82, 2.24) is 14.9 Å². The molecule has 0 spiro atoms. The number of aryl methyl sites for hydroxylation is 4. The van der Waals surface area contributed by atoms with Gasteiger partial charge in [-0.25, -0.2) is 4.98 Å². The van der Waals surface area contributed by atoms with Gasteiger partial charge in [0.1, 0.15) is 18.2 Å². The van der Waals surface area contributed by atoms with Gasteiger partial charge in [0.25, 0.3) is 0 Å². The van der Waals surface area contributed by atoms with Crippen molar-refractivity contribution < 1.29 is 14.3 Å². The van der Waals surface area contributed by atoms with E-state index >= 15 is 0 Å². The van der Waals surface area contributed by atoms with E-state index in [-0.39, 0.29) is 12.5 Å². The summed E-state index contributed by atoms with van der Waals surface area (Å²) in [6, 6.07) is 12.1. The lowest BCUT2D eigenvalue weighted by molar-refractivity contribution is -0.124. The molecule has 3 aromatic rings. The molecule has 3 rings (SSSR count). The number of hydrogen-bond donors (Lipinski definition) is 1. The Morgan fingerprint density at radius 2 is 1.90 bits per heavy atom. The van der Waals surface area contributed by atoms with E-state index in [1.807, 2.05) is 44.2 Å². The summed E-state index contributed by atoms with van der Waals surface area (Å²) in [7, 11) is 1.51. The number of halogens is 1. The number of imidazole rings is 1. The Morgan fingerprint density at radius 1 is 1.16 bits per heavy atom. The molecule has 0 saturated carbocycles. The average Bonchev–Trinajstić information content (AvgIpc) is 3.10. The molecular formula is C24H30ClN3O3. The maximum Gasteiger partial charge on any atom is 0.245 e. The molecule has 1 N–H and O–H groups in total. The van der Waals surface area contributed by atoms with Gasteiger partial charge in [0.15, 0.2) is 0 Å². The van der Waals surface area contributed by atoms with Gasteiger partial charge >= 0.3 is 0 Å². The SMILES string of the molecule is COCC(=O)NCCCc1nc2ccccc2n1CCCOc1cc(C)c(Cl)c(C)c1. The predicted octanol–water partition coefficient (Wildman–Crippen LogP) is 4.47. The highest BCUT2D eigenvalue weighted by atomic mass is 35.5. The van der Waals surface area contributed by atoms with Gasteiger partial charge in [-0.1, -0.05) is 23.7 Å². The number of hydrogen-bond acceptors (Lipinski definition) is 4. The molecule has 0 bridgehead atoms. The Labute approximate surface area is 188 Å². The van der Waals surface area contributed by atoms with Gasteiger partial charge in [-0.2, -0.15) is 0 Å². The van der Waals surface area contributed by atoms with Crippen LogP contribution in [0.15, 0.2) is 36.4 Å². The Kier molecular flexibility index (Phi) is 8.32. The predicted molar refractivity (Wildman–Crippen MR) is 124 cm³/mol. The maximum absolute atomic E-state index is 11.5. The van der Waals surface area contributed by atoms with Crippen LogP contribution in [0.2, 0.25) is 5.02 Å². The Balaban J connectivity index is 1.58. The van der Waals surface area contributed by atoms with Crippen molar-refractivity contribution in [2.45, 2.75) is 39.7 Å². The lowest BCUT2D eigenvalue weighted by Gasteiger charge is -2.12. The molecule has 0 aliphatic carbocycles. The molecule has 0 aliphatic rings. The first-order valence-corrected chi connectivity index (χ1v) is 11.0. The number of ether oxygens (including phenoxy) is 2. The van der Waals surface area contributed by atoms with Crippen molar-refractivity contribution in [2.75, 3.05) is 26.9 Å². The van der Waals surface area contributed by atoms with Crippen LogP contribution in [0.4, 0.5) is 0 Å². The molecule has 2 aromatic carbocycles. The molecule has 1 amide bonds. The van der Waals surface area contributed by atoms with Crippen LogP contribution in [0.5, 0.6) is 5.75 Å². The normalized spacial score (nSPS) is 11.1. The van der Waals surface area contributed by atoms with Crippen LogP contribution in [0.3, 0.4) is 0 Å². The first kappa shape index (κ1) is 23.1. The Bertz CT molecular complexity index is 1010. The van der Waals surface area contributed by atoms with E-state index in [0.717, 1.165) is 64.6 Å². The van der Waals surface area contributed by atoms with E-state index in [4.69, 9.17) is 26.1 Å². The topological polar surface area (TPSA) is 65.4 Å². The summed E-state index contributed by atoms with van der Waals surface area (Å²) in [5.74, 6) is 1.78. The molecule has 0 saturated heterocycles. The van der Waals surface area contributed by atoms with Crippen LogP contribution in [0.25, 0.3) is 11.0 Å². The van der Waals surface area contributed by atoms with Crippen molar-refractivity contribution in [1.29, 1.82) is 0 Å². The number of benzene rings is 2. The van der Waals surface area contributed by atoms with Gasteiger partial charge in [-0.15, -0.1) is 0 Å². The summed E-state index contributed by atoms with van der Waals surface area (Å²) in [4.78, 5) is 16.3. The van der Waals surface area contributed by atoms with E-state index in [9.17, 15) is 4.79 Å². The molecule has 6 nitrogen and oxygen atoms in total. The van der Waals surface area contributed by atoms with Crippen LogP contribution < -0.4 is 10.1 Å². The molecular weight excluding hydrogens is 414 g/mol. The van der Waals surface area contributed by atoms with E-state index < -0.39 is 0 Å². The molecule has 0 unspecified atom stereocenters. The first-order valence-electron chi connectivity index (χ1n) is 10.6. The summed E-state index contributed by atoms with van der Waals surface area (Å²) >= 11 is 6.24. The Morgan fingerprint density at radius 3 is 2.65 bits per heavy atom. The minimum atomic E-state index is -0.0965. The summed E-state index contributed by atoms with van der Waals surface area (Å²) < 4.78 is 13.1. The second kappa shape index (κ2) is 11.2. The van der Waals surface area contributed by atoms with E-state index in [1.165, 1.54) is 7.11 Å². The fourth-order valence-electron chi connectivity index (χ4n) is 3.62. The van der Waals surface area contributed by atoms with Crippen molar-refractivity contribution in [3.63, 3.8) is 0 Å². The molecule has 0 atom stereocenters. The third kappa shape index (κ3) is 6.21. The number of para-hydroxylation sites is 2. The summed E-state index contributed by atoms with van der Waals surface area (Å²) in [5, 5.41) is 3.65. The third-order valence-electron chi connectivity index (χ3n) is 5.11. The lowest BCUT2D eigenvalue weighted by atomic mass is 10.1. The summed E-state index contributed by atoms with van der Waals surface area (Å²) in [6.45, 7) is 6.10. The van der Waals surface area contributed by atoms with Crippen LogP contribution in [0, 0.1) is 13.8 Å². The highest BCUT2D eigenvalue weighted by Gasteiger charge is 2.11. The van der Waals surface area contributed by atoms with Crippen molar-refractivity contribution >= 4 is 28.5 Å². The zero-order valence-corrected chi connectivity index (χ0v) is 19.2. The molecule has 1 aromatic heterocycles. The maximum atomic E-state index is 11.5. The van der Waals surface area contributed by atoms with Crippen molar-refractivity contribution in [3.8, 4) is 5.75 Å². The molecule has 166 valence electrons. The standard InChI is InChI=1S/C24H30ClN3O3/c1-17-14-19(15-18(2)24(17)25)31-13-7-12-28-21-9-5-4-8-20(21)27-22(28)10-6-11-26-23(29)16-30-3/h4-5,8-9,14-15H,6-7,10-13,16H2,1-3H3,(H,26,29).